The van der Waals surface area contributed by atoms with Crippen LogP contribution in [-0.2, 0) is 4.79 Å². The number of benzene rings is 1. The van der Waals surface area contributed by atoms with Crippen LogP contribution in [0.5, 0.6) is 0 Å². The predicted octanol–water partition coefficient (Wildman–Crippen LogP) is 3.45. The van der Waals surface area contributed by atoms with E-state index in [4.69, 9.17) is 11.6 Å². The van der Waals surface area contributed by atoms with Gasteiger partial charge >= 0.3 is 0 Å². The van der Waals surface area contributed by atoms with E-state index in [2.05, 4.69) is 10.6 Å². The number of amides is 1. The van der Waals surface area contributed by atoms with Crippen molar-refractivity contribution >= 4 is 40.2 Å². The highest BCUT2D eigenvalue weighted by atomic mass is 35.5. The maximum absolute atomic E-state index is 11.6. The molecule has 0 aliphatic carbocycles. The molecule has 0 fully saturated rings. The number of hydrogen-bond donors (Lipinski definition) is 2. The standard InChI is InChI=1S/C12H11ClN2OS/c13-9-1-3-10(4-2-9)15-12(16)7-14-11-5-6-17-8-11/h1-6,8,14H,7H2,(H,15,16). The van der Waals surface area contributed by atoms with Gasteiger partial charge in [0.2, 0.25) is 5.91 Å². The van der Waals surface area contributed by atoms with Crippen LogP contribution in [0.25, 0.3) is 0 Å². The van der Waals surface area contributed by atoms with Gasteiger partial charge in [0, 0.05) is 21.8 Å². The fraction of sp³-hybridized carbons (Fsp3) is 0.0833. The molecule has 17 heavy (non-hydrogen) atoms. The van der Waals surface area contributed by atoms with Crippen molar-refractivity contribution in [2.75, 3.05) is 17.2 Å². The minimum absolute atomic E-state index is 0.0847. The molecule has 0 aliphatic heterocycles. The van der Waals surface area contributed by atoms with Crippen LogP contribution in [0.2, 0.25) is 5.02 Å². The minimum atomic E-state index is -0.0847. The third-order valence-corrected chi connectivity index (χ3v) is 3.04. The zero-order valence-electron chi connectivity index (χ0n) is 8.94. The van der Waals surface area contributed by atoms with E-state index >= 15 is 0 Å². The summed E-state index contributed by atoms with van der Waals surface area (Å²) in [7, 11) is 0. The Bertz CT molecular complexity index is 482. The van der Waals surface area contributed by atoms with Gasteiger partial charge in [0.1, 0.15) is 0 Å². The van der Waals surface area contributed by atoms with E-state index in [0.29, 0.717) is 5.02 Å². The molecule has 0 spiro atoms. The Morgan fingerprint density at radius 2 is 1.94 bits per heavy atom. The number of carbonyl (C=O) groups excluding carboxylic acids is 1. The zero-order valence-corrected chi connectivity index (χ0v) is 10.5. The topological polar surface area (TPSA) is 41.1 Å². The molecule has 1 aromatic heterocycles. The summed E-state index contributed by atoms with van der Waals surface area (Å²) in [6.45, 7) is 0.249. The summed E-state index contributed by atoms with van der Waals surface area (Å²) in [6, 6.07) is 8.95. The lowest BCUT2D eigenvalue weighted by molar-refractivity contribution is -0.114. The molecule has 0 bridgehead atoms. The van der Waals surface area contributed by atoms with Crippen LogP contribution in [-0.4, -0.2) is 12.5 Å². The molecule has 0 unspecified atom stereocenters. The maximum atomic E-state index is 11.6. The van der Waals surface area contributed by atoms with Gasteiger partial charge in [-0.3, -0.25) is 4.79 Å². The molecule has 5 heteroatoms. The summed E-state index contributed by atoms with van der Waals surface area (Å²) in [5.41, 5.74) is 1.70. The van der Waals surface area contributed by atoms with E-state index in [9.17, 15) is 4.79 Å². The fourth-order valence-corrected chi connectivity index (χ4v) is 2.02. The predicted molar refractivity (Wildman–Crippen MR) is 72.9 cm³/mol. The Labute approximate surface area is 108 Å². The van der Waals surface area contributed by atoms with Gasteiger partial charge in [-0.25, -0.2) is 0 Å². The monoisotopic (exact) mass is 266 g/mol. The number of halogens is 1. The summed E-state index contributed by atoms with van der Waals surface area (Å²) in [5.74, 6) is -0.0847. The van der Waals surface area contributed by atoms with E-state index in [0.717, 1.165) is 11.4 Å². The first kappa shape index (κ1) is 12.0. The Morgan fingerprint density at radius 3 is 2.59 bits per heavy atom. The molecule has 2 N–H and O–H groups in total. The molecule has 88 valence electrons. The normalized spacial score (nSPS) is 9.94. The third kappa shape index (κ3) is 3.76. The lowest BCUT2D eigenvalue weighted by Gasteiger charge is -2.06. The van der Waals surface area contributed by atoms with E-state index in [1.165, 1.54) is 0 Å². The molecule has 2 aromatic rings. The zero-order chi connectivity index (χ0) is 12.1. The molecule has 1 aromatic carbocycles. The van der Waals surface area contributed by atoms with Gasteiger partial charge in [-0.15, -0.1) is 0 Å². The number of hydrogen-bond acceptors (Lipinski definition) is 3. The second-order valence-electron chi connectivity index (χ2n) is 3.42. The summed E-state index contributed by atoms with van der Waals surface area (Å²) in [5, 5.41) is 10.4. The minimum Gasteiger partial charge on any atom is -0.375 e. The van der Waals surface area contributed by atoms with Crippen molar-refractivity contribution in [1.29, 1.82) is 0 Å². The van der Waals surface area contributed by atoms with Crippen LogP contribution in [0.4, 0.5) is 11.4 Å². The van der Waals surface area contributed by atoms with E-state index in [1.807, 2.05) is 16.8 Å². The van der Waals surface area contributed by atoms with Gasteiger partial charge in [0.15, 0.2) is 0 Å². The number of rotatable bonds is 4. The van der Waals surface area contributed by atoms with Crippen LogP contribution in [0.15, 0.2) is 41.1 Å². The summed E-state index contributed by atoms with van der Waals surface area (Å²) in [4.78, 5) is 11.6. The summed E-state index contributed by atoms with van der Waals surface area (Å²) in [6.07, 6.45) is 0. The van der Waals surface area contributed by atoms with Gasteiger partial charge in [0.05, 0.1) is 6.54 Å². The van der Waals surface area contributed by atoms with Crippen LogP contribution >= 0.6 is 22.9 Å². The summed E-state index contributed by atoms with van der Waals surface area (Å²) < 4.78 is 0. The second kappa shape index (κ2) is 5.70. The highest BCUT2D eigenvalue weighted by Gasteiger charge is 2.02. The van der Waals surface area contributed by atoms with Crippen LogP contribution in [0.1, 0.15) is 0 Å². The summed E-state index contributed by atoms with van der Waals surface area (Å²) >= 11 is 7.34. The molecular formula is C12H11ClN2OS. The van der Waals surface area contributed by atoms with Crippen molar-refractivity contribution in [3.8, 4) is 0 Å². The van der Waals surface area contributed by atoms with Crippen molar-refractivity contribution < 1.29 is 4.79 Å². The fourth-order valence-electron chi connectivity index (χ4n) is 1.29. The molecule has 3 nitrogen and oxygen atoms in total. The lowest BCUT2D eigenvalue weighted by Crippen LogP contribution is -2.21. The quantitative estimate of drug-likeness (QED) is 0.890. The van der Waals surface area contributed by atoms with Gasteiger partial charge in [-0.2, -0.15) is 11.3 Å². The number of nitrogens with one attached hydrogen (secondary N) is 2. The van der Waals surface area contributed by atoms with E-state index < -0.39 is 0 Å². The van der Waals surface area contributed by atoms with Crippen molar-refractivity contribution in [3.63, 3.8) is 0 Å². The Kier molecular flexibility index (Phi) is 4.01. The number of thiophene rings is 1. The molecule has 0 atom stereocenters. The molecule has 0 saturated heterocycles. The van der Waals surface area contributed by atoms with Crippen LogP contribution in [0.3, 0.4) is 0 Å². The van der Waals surface area contributed by atoms with Crippen molar-refractivity contribution in [1.82, 2.24) is 0 Å². The van der Waals surface area contributed by atoms with Gasteiger partial charge in [0.25, 0.3) is 0 Å². The molecule has 1 amide bonds. The Morgan fingerprint density at radius 1 is 1.18 bits per heavy atom. The Balaban J connectivity index is 1.83. The first-order chi connectivity index (χ1) is 8.24. The van der Waals surface area contributed by atoms with Crippen molar-refractivity contribution in [2.45, 2.75) is 0 Å². The largest absolute Gasteiger partial charge is 0.375 e. The first-order valence-electron chi connectivity index (χ1n) is 5.05. The molecule has 1 heterocycles. The molecular weight excluding hydrogens is 256 g/mol. The molecule has 2 rings (SSSR count). The van der Waals surface area contributed by atoms with Crippen molar-refractivity contribution in [3.05, 3.63) is 46.1 Å². The van der Waals surface area contributed by atoms with Gasteiger partial charge < -0.3 is 10.6 Å². The number of carbonyl (C=O) groups is 1. The smallest absolute Gasteiger partial charge is 0.243 e. The average molecular weight is 267 g/mol. The average Bonchev–Trinajstić information content (AvgIpc) is 2.83. The van der Waals surface area contributed by atoms with E-state index in [1.54, 1.807) is 35.6 Å². The highest BCUT2D eigenvalue weighted by molar-refractivity contribution is 7.08. The van der Waals surface area contributed by atoms with E-state index in [-0.39, 0.29) is 12.5 Å². The van der Waals surface area contributed by atoms with Gasteiger partial charge in [-0.05, 0) is 35.7 Å². The second-order valence-corrected chi connectivity index (χ2v) is 4.64. The van der Waals surface area contributed by atoms with Gasteiger partial charge in [-0.1, -0.05) is 11.6 Å². The third-order valence-electron chi connectivity index (χ3n) is 2.10. The first-order valence-corrected chi connectivity index (χ1v) is 6.37. The molecule has 0 aliphatic rings. The maximum Gasteiger partial charge on any atom is 0.243 e. The SMILES string of the molecule is O=C(CNc1ccsc1)Nc1ccc(Cl)cc1. The Hall–Kier alpha value is -1.52. The molecule has 0 radical (unpaired) electrons. The van der Waals surface area contributed by atoms with Crippen LogP contribution in [0, 0.1) is 0 Å². The van der Waals surface area contributed by atoms with Crippen molar-refractivity contribution in [2.24, 2.45) is 0 Å². The molecule has 0 saturated carbocycles. The number of anilines is 2. The highest BCUT2D eigenvalue weighted by Crippen LogP contribution is 2.14. The van der Waals surface area contributed by atoms with Crippen LogP contribution < -0.4 is 10.6 Å². The lowest BCUT2D eigenvalue weighted by atomic mass is 10.3.